The van der Waals surface area contributed by atoms with Crippen LogP contribution >= 0.6 is 0 Å². The first-order valence-corrected chi connectivity index (χ1v) is 8.07. The number of carbonyl (C=O) groups excluding carboxylic acids is 2. The van der Waals surface area contributed by atoms with E-state index in [1.807, 2.05) is 38.2 Å². The Balaban J connectivity index is 1.90. The highest BCUT2D eigenvalue weighted by atomic mass is 16.2. The van der Waals surface area contributed by atoms with E-state index in [0.717, 1.165) is 11.9 Å². The molecule has 0 saturated carbocycles. The van der Waals surface area contributed by atoms with Crippen molar-refractivity contribution in [2.75, 3.05) is 19.6 Å². The second kappa shape index (κ2) is 7.81. The monoisotopic (exact) mass is 315 g/mol. The number of rotatable bonds is 7. The lowest BCUT2D eigenvalue weighted by Crippen LogP contribution is -2.39. The first kappa shape index (κ1) is 17.1. The van der Waals surface area contributed by atoms with Gasteiger partial charge in [-0.1, -0.05) is 32.0 Å². The van der Waals surface area contributed by atoms with E-state index >= 15 is 0 Å². The van der Waals surface area contributed by atoms with Gasteiger partial charge in [0.05, 0.1) is 0 Å². The van der Waals surface area contributed by atoms with Crippen molar-refractivity contribution in [3.05, 3.63) is 36.0 Å². The Morgan fingerprint density at radius 2 is 1.96 bits per heavy atom. The standard InChI is InChI=1S/C18H25N3O2/c1-13(2)18(23)19-9-11-21(14(3)22)10-8-15-12-20-17-7-5-4-6-16(15)17/h4-7,12-13,20H,8-11H2,1-3H3,(H,19,23). The average molecular weight is 315 g/mol. The molecule has 0 atom stereocenters. The molecule has 0 aliphatic heterocycles. The van der Waals surface area contributed by atoms with Crippen molar-refractivity contribution in [1.29, 1.82) is 0 Å². The van der Waals surface area contributed by atoms with Gasteiger partial charge in [-0.05, 0) is 18.1 Å². The number of fused-ring (bicyclic) bond motifs is 1. The number of hydrogen-bond acceptors (Lipinski definition) is 2. The molecule has 0 aliphatic carbocycles. The van der Waals surface area contributed by atoms with Gasteiger partial charge in [-0.25, -0.2) is 0 Å². The van der Waals surface area contributed by atoms with Gasteiger partial charge in [-0.2, -0.15) is 0 Å². The maximum atomic E-state index is 11.8. The van der Waals surface area contributed by atoms with E-state index in [1.54, 1.807) is 11.8 Å². The number of aromatic nitrogens is 1. The lowest BCUT2D eigenvalue weighted by atomic mass is 10.1. The molecule has 1 heterocycles. The third kappa shape index (κ3) is 4.58. The fourth-order valence-corrected chi connectivity index (χ4v) is 2.54. The average Bonchev–Trinajstić information content (AvgIpc) is 2.93. The third-order valence-electron chi connectivity index (χ3n) is 3.98. The van der Waals surface area contributed by atoms with Crippen molar-refractivity contribution in [1.82, 2.24) is 15.2 Å². The van der Waals surface area contributed by atoms with Gasteiger partial charge in [0.1, 0.15) is 0 Å². The van der Waals surface area contributed by atoms with E-state index in [9.17, 15) is 9.59 Å². The molecule has 5 heteroatoms. The molecule has 1 aromatic heterocycles. The van der Waals surface area contributed by atoms with E-state index in [2.05, 4.69) is 16.4 Å². The fraction of sp³-hybridized carbons (Fsp3) is 0.444. The second-order valence-corrected chi connectivity index (χ2v) is 6.06. The summed E-state index contributed by atoms with van der Waals surface area (Å²) < 4.78 is 0. The van der Waals surface area contributed by atoms with Crippen LogP contribution in [-0.2, 0) is 16.0 Å². The van der Waals surface area contributed by atoms with Gasteiger partial charge in [-0.3, -0.25) is 9.59 Å². The molecule has 0 spiro atoms. The number of amides is 2. The fourth-order valence-electron chi connectivity index (χ4n) is 2.54. The Hall–Kier alpha value is -2.30. The first-order chi connectivity index (χ1) is 11.0. The predicted octanol–water partition coefficient (Wildman–Crippen LogP) is 2.33. The van der Waals surface area contributed by atoms with Crippen molar-refractivity contribution in [3.8, 4) is 0 Å². The van der Waals surface area contributed by atoms with Gasteiger partial charge in [0.25, 0.3) is 0 Å². The zero-order valence-corrected chi connectivity index (χ0v) is 14.1. The zero-order valence-electron chi connectivity index (χ0n) is 14.1. The normalized spacial score (nSPS) is 11.0. The molecule has 0 radical (unpaired) electrons. The van der Waals surface area contributed by atoms with Crippen LogP contribution in [0.1, 0.15) is 26.3 Å². The van der Waals surface area contributed by atoms with Crippen molar-refractivity contribution in [2.45, 2.75) is 27.2 Å². The number of benzene rings is 1. The number of nitrogens with one attached hydrogen (secondary N) is 2. The number of aromatic amines is 1. The van der Waals surface area contributed by atoms with Crippen LogP contribution in [0, 0.1) is 5.92 Å². The van der Waals surface area contributed by atoms with E-state index in [0.29, 0.717) is 19.6 Å². The van der Waals surface area contributed by atoms with Crippen LogP contribution < -0.4 is 5.32 Å². The molecule has 2 aromatic rings. The van der Waals surface area contributed by atoms with E-state index in [-0.39, 0.29) is 17.7 Å². The third-order valence-corrected chi connectivity index (χ3v) is 3.98. The number of nitrogens with zero attached hydrogens (tertiary/aromatic N) is 1. The maximum absolute atomic E-state index is 11.8. The van der Waals surface area contributed by atoms with E-state index in [4.69, 9.17) is 0 Å². The summed E-state index contributed by atoms with van der Waals surface area (Å²) in [7, 11) is 0. The molecule has 124 valence electrons. The van der Waals surface area contributed by atoms with Gasteiger partial charge in [0.15, 0.2) is 0 Å². The number of carbonyl (C=O) groups is 2. The van der Waals surface area contributed by atoms with Crippen LogP contribution in [0.4, 0.5) is 0 Å². The Bertz CT molecular complexity index is 676. The van der Waals surface area contributed by atoms with Crippen LogP contribution in [0.5, 0.6) is 0 Å². The highest BCUT2D eigenvalue weighted by Crippen LogP contribution is 2.18. The summed E-state index contributed by atoms with van der Waals surface area (Å²) in [5, 5.41) is 4.05. The topological polar surface area (TPSA) is 65.2 Å². The molecule has 2 N–H and O–H groups in total. The van der Waals surface area contributed by atoms with Crippen molar-refractivity contribution < 1.29 is 9.59 Å². The summed E-state index contributed by atoms with van der Waals surface area (Å²) in [5.41, 5.74) is 2.32. The predicted molar refractivity (Wildman–Crippen MR) is 92.1 cm³/mol. The Labute approximate surface area is 137 Å². The minimum Gasteiger partial charge on any atom is -0.361 e. The largest absolute Gasteiger partial charge is 0.361 e. The molecular weight excluding hydrogens is 290 g/mol. The zero-order chi connectivity index (χ0) is 16.8. The summed E-state index contributed by atoms with van der Waals surface area (Å²) in [6, 6.07) is 8.15. The summed E-state index contributed by atoms with van der Waals surface area (Å²) in [6.07, 6.45) is 2.80. The first-order valence-electron chi connectivity index (χ1n) is 8.07. The summed E-state index contributed by atoms with van der Waals surface area (Å²) >= 11 is 0. The summed E-state index contributed by atoms with van der Waals surface area (Å²) in [6.45, 7) is 6.96. The van der Waals surface area contributed by atoms with E-state index in [1.165, 1.54) is 10.9 Å². The molecular formula is C18H25N3O2. The molecule has 2 amide bonds. The summed E-state index contributed by atoms with van der Waals surface area (Å²) in [5.74, 6) is 0.0146. The minimum atomic E-state index is -0.0352. The Morgan fingerprint density at radius 1 is 1.22 bits per heavy atom. The van der Waals surface area contributed by atoms with Gasteiger partial charge in [-0.15, -0.1) is 0 Å². The maximum Gasteiger partial charge on any atom is 0.222 e. The van der Waals surface area contributed by atoms with Crippen molar-refractivity contribution in [3.63, 3.8) is 0 Å². The molecule has 0 fully saturated rings. The van der Waals surface area contributed by atoms with Crippen molar-refractivity contribution in [2.24, 2.45) is 5.92 Å². The number of hydrogen-bond donors (Lipinski definition) is 2. The van der Waals surface area contributed by atoms with Crippen LogP contribution in [-0.4, -0.2) is 41.3 Å². The lowest BCUT2D eigenvalue weighted by molar-refractivity contribution is -0.129. The van der Waals surface area contributed by atoms with Gasteiger partial charge in [0, 0.05) is 49.6 Å². The van der Waals surface area contributed by atoms with Crippen LogP contribution in [0.25, 0.3) is 10.9 Å². The molecule has 0 saturated heterocycles. The SMILES string of the molecule is CC(=O)N(CCNC(=O)C(C)C)CCc1c[nH]c2ccccc12. The quantitative estimate of drug-likeness (QED) is 0.823. The molecule has 0 bridgehead atoms. The Kier molecular flexibility index (Phi) is 5.79. The van der Waals surface area contributed by atoms with Gasteiger partial charge < -0.3 is 15.2 Å². The number of para-hydroxylation sites is 1. The van der Waals surface area contributed by atoms with Gasteiger partial charge >= 0.3 is 0 Å². The smallest absolute Gasteiger partial charge is 0.222 e. The molecule has 0 unspecified atom stereocenters. The summed E-state index contributed by atoms with van der Waals surface area (Å²) in [4.78, 5) is 28.4. The molecule has 5 nitrogen and oxygen atoms in total. The van der Waals surface area contributed by atoms with Gasteiger partial charge in [0.2, 0.25) is 11.8 Å². The van der Waals surface area contributed by atoms with Crippen molar-refractivity contribution >= 4 is 22.7 Å². The Morgan fingerprint density at radius 3 is 2.65 bits per heavy atom. The van der Waals surface area contributed by atoms with Crippen LogP contribution in [0.2, 0.25) is 0 Å². The molecule has 23 heavy (non-hydrogen) atoms. The molecule has 2 rings (SSSR count). The van der Waals surface area contributed by atoms with Crippen LogP contribution in [0.3, 0.4) is 0 Å². The van der Waals surface area contributed by atoms with Crippen LogP contribution in [0.15, 0.2) is 30.5 Å². The second-order valence-electron chi connectivity index (χ2n) is 6.06. The minimum absolute atomic E-state index is 0.0186. The highest BCUT2D eigenvalue weighted by Gasteiger charge is 2.12. The number of H-pyrrole nitrogens is 1. The highest BCUT2D eigenvalue weighted by molar-refractivity contribution is 5.83. The van der Waals surface area contributed by atoms with E-state index < -0.39 is 0 Å². The molecule has 0 aliphatic rings. The molecule has 1 aromatic carbocycles. The lowest BCUT2D eigenvalue weighted by Gasteiger charge is -2.21.